The molecule has 7 heteroatoms. The van der Waals surface area contributed by atoms with Crippen LogP contribution < -0.4 is 4.72 Å². The highest BCUT2D eigenvalue weighted by Gasteiger charge is 2.14. The van der Waals surface area contributed by atoms with Crippen molar-refractivity contribution in [3.63, 3.8) is 0 Å². The standard InChI is InChI=1S/C14H15NO4S2/c1-19-14(16)11-4-6-13(7-5-11)21(17,18)15-9-8-12-3-2-10-20-12/h2-7,10,15H,8-9H2,1H3. The Bertz CT molecular complexity index is 691. The number of hydrogen-bond donors (Lipinski definition) is 1. The van der Waals surface area contributed by atoms with Gasteiger partial charge in [-0.1, -0.05) is 6.07 Å². The first-order chi connectivity index (χ1) is 10.0. The zero-order valence-corrected chi connectivity index (χ0v) is 13.0. The first kappa shape index (κ1) is 15.7. The molecule has 1 aromatic heterocycles. The lowest BCUT2D eigenvalue weighted by molar-refractivity contribution is 0.0600. The summed E-state index contributed by atoms with van der Waals surface area (Å²) in [6, 6.07) is 9.53. The fourth-order valence-corrected chi connectivity index (χ4v) is 3.48. The van der Waals surface area contributed by atoms with Crippen molar-refractivity contribution in [3.05, 3.63) is 52.2 Å². The Morgan fingerprint density at radius 2 is 1.95 bits per heavy atom. The van der Waals surface area contributed by atoms with Crippen molar-refractivity contribution < 1.29 is 17.9 Å². The Morgan fingerprint density at radius 1 is 1.24 bits per heavy atom. The molecule has 5 nitrogen and oxygen atoms in total. The van der Waals surface area contributed by atoms with Crippen LogP contribution in [-0.4, -0.2) is 28.0 Å². The Morgan fingerprint density at radius 3 is 2.52 bits per heavy atom. The van der Waals surface area contributed by atoms with Crippen molar-refractivity contribution in [3.8, 4) is 0 Å². The highest BCUT2D eigenvalue weighted by Crippen LogP contribution is 2.12. The van der Waals surface area contributed by atoms with Crippen molar-refractivity contribution in [1.82, 2.24) is 4.72 Å². The summed E-state index contributed by atoms with van der Waals surface area (Å²) in [6.45, 7) is 0.335. The molecule has 1 N–H and O–H groups in total. The molecule has 0 saturated carbocycles. The Hall–Kier alpha value is -1.70. The molecule has 0 unspecified atom stereocenters. The predicted molar refractivity (Wildman–Crippen MR) is 81.0 cm³/mol. The average molecular weight is 325 g/mol. The third-order valence-corrected chi connectivity index (χ3v) is 5.24. The van der Waals surface area contributed by atoms with E-state index < -0.39 is 16.0 Å². The van der Waals surface area contributed by atoms with Gasteiger partial charge >= 0.3 is 5.97 Å². The fourth-order valence-electron chi connectivity index (χ4n) is 1.73. The minimum atomic E-state index is -3.56. The number of esters is 1. The van der Waals surface area contributed by atoms with E-state index in [0.29, 0.717) is 18.5 Å². The quantitative estimate of drug-likeness (QED) is 0.825. The smallest absolute Gasteiger partial charge is 0.337 e. The molecule has 0 aliphatic rings. The lowest BCUT2D eigenvalue weighted by atomic mass is 10.2. The summed E-state index contributed by atoms with van der Waals surface area (Å²) in [5, 5.41) is 1.95. The number of sulfonamides is 1. The first-order valence-electron chi connectivity index (χ1n) is 6.23. The number of nitrogens with one attached hydrogen (secondary N) is 1. The summed E-state index contributed by atoms with van der Waals surface area (Å²) in [6.07, 6.45) is 0.650. The second-order valence-electron chi connectivity index (χ2n) is 4.24. The van der Waals surface area contributed by atoms with Crippen molar-refractivity contribution >= 4 is 27.3 Å². The van der Waals surface area contributed by atoms with Gasteiger partial charge in [0.1, 0.15) is 0 Å². The summed E-state index contributed by atoms with van der Waals surface area (Å²) in [5.41, 5.74) is 0.315. The van der Waals surface area contributed by atoms with E-state index in [4.69, 9.17) is 0 Å². The van der Waals surface area contributed by atoms with Gasteiger partial charge in [0.15, 0.2) is 0 Å². The minimum Gasteiger partial charge on any atom is -0.465 e. The maximum Gasteiger partial charge on any atom is 0.337 e. The van der Waals surface area contributed by atoms with Gasteiger partial charge < -0.3 is 4.74 Å². The van der Waals surface area contributed by atoms with Crippen molar-refractivity contribution in [2.45, 2.75) is 11.3 Å². The fraction of sp³-hybridized carbons (Fsp3) is 0.214. The SMILES string of the molecule is COC(=O)c1ccc(S(=O)(=O)NCCc2cccs2)cc1. The monoisotopic (exact) mass is 325 g/mol. The zero-order chi connectivity index (χ0) is 15.3. The summed E-state index contributed by atoms with van der Waals surface area (Å²) in [4.78, 5) is 12.5. The molecule has 2 rings (SSSR count). The number of carbonyl (C=O) groups is 1. The van der Waals surface area contributed by atoms with E-state index in [1.54, 1.807) is 11.3 Å². The topological polar surface area (TPSA) is 72.5 Å². The van der Waals surface area contributed by atoms with Crippen LogP contribution in [0.3, 0.4) is 0 Å². The molecule has 0 radical (unpaired) electrons. The number of benzene rings is 1. The number of hydrogen-bond acceptors (Lipinski definition) is 5. The van der Waals surface area contributed by atoms with E-state index in [1.165, 1.54) is 31.4 Å². The molecule has 0 aliphatic carbocycles. The average Bonchev–Trinajstić information content (AvgIpc) is 2.99. The molecule has 0 atom stereocenters. The minimum absolute atomic E-state index is 0.126. The van der Waals surface area contributed by atoms with Gasteiger partial charge in [0, 0.05) is 11.4 Å². The highest BCUT2D eigenvalue weighted by molar-refractivity contribution is 7.89. The number of carbonyl (C=O) groups excluding carboxylic acids is 1. The molecule has 0 amide bonds. The summed E-state index contributed by atoms with van der Waals surface area (Å²) in [7, 11) is -2.28. The Kier molecular flexibility index (Phi) is 5.11. The van der Waals surface area contributed by atoms with E-state index >= 15 is 0 Å². The first-order valence-corrected chi connectivity index (χ1v) is 8.59. The van der Waals surface area contributed by atoms with E-state index in [1.807, 2.05) is 17.5 Å². The number of rotatable bonds is 6. The van der Waals surface area contributed by atoms with E-state index in [-0.39, 0.29) is 4.90 Å². The summed E-state index contributed by atoms with van der Waals surface area (Å²) >= 11 is 1.59. The van der Waals surface area contributed by atoms with Crippen molar-refractivity contribution in [1.29, 1.82) is 0 Å². The highest BCUT2D eigenvalue weighted by atomic mass is 32.2. The zero-order valence-electron chi connectivity index (χ0n) is 11.4. The normalized spacial score (nSPS) is 11.3. The van der Waals surface area contributed by atoms with E-state index in [0.717, 1.165) is 4.88 Å². The molecule has 0 saturated heterocycles. The number of thiophene rings is 1. The third kappa shape index (κ3) is 4.13. The largest absolute Gasteiger partial charge is 0.465 e. The molecule has 1 heterocycles. The maximum atomic E-state index is 12.1. The lowest BCUT2D eigenvalue weighted by Crippen LogP contribution is -2.25. The van der Waals surface area contributed by atoms with Crippen molar-refractivity contribution in [2.75, 3.05) is 13.7 Å². The second kappa shape index (κ2) is 6.84. The molecule has 2 aromatic rings. The van der Waals surface area contributed by atoms with Crippen LogP contribution in [-0.2, 0) is 21.2 Å². The third-order valence-electron chi connectivity index (χ3n) is 2.83. The van der Waals surface area contributed by atoms with Crippen molar-refractivity contribution in [2.24, 2.45) is 0 Å². The molecule has 1 aromatic carbocycles. The molecule has 112 valence electrons. The van der Waals surface area contributed by atoms with Gasteiger partial charge in [-0.05, 0) is 42.1 Å². The van der Waals surface area contributed by atoms with Crippen LogP contribution in [0.25, 0.3) is 0 Å². The number of ether oxygens (including phenoxy) is 1. The Labute approximate surface area is 127 Å². The van der Waals surface area contributed by atoms with Gasteiger partial charge in [0.2, 0.25) is 10.0 Å². The maximum absolute atomic E-state index is 12.1. The lowest BCUT2D eigenvalue weighted by Gasteiger charge is -2.06. The van der Waals surface area contributed by atoms with Gasteiger partial charge in [-0.25, -0.2) is 17.9 Å². The van der Waals surface area contributed by atoms with Gasteiger partial charge in [-0.2, -0.15) is 0 Å². The van der Waals surface area contributed by atoms with Crippen LogP contribution in [0.1, 0.15) is 15.2 Å². The van der Waals surface area contributed by atoms with E-state index in [9.17, 15) is 13.2 Å². The van der Waals surface area contributed by atoms with Crippen LogP contribution in [0.5, 0.6) is 0 Å². The number of methoxy groups -OCH3 is 1. The summed E-state index contributed by atoms with van der Waals surface area (Å²) in [5.74, 6) is -0.496. The predicted octanol–water partition coefficient (Wildman–Crippen LogP) is 2.06. The van der Waals surface area contributed by atoms with Gasteiger partial charge in [0.05, 0.1) is 17.6 Å². The van der Waals surface area contributed by atoms with Crippen LogP contribution in [0, 0.1) is 0 Å². The van der Waals surface area contributed by atoms with Gasteiger partial charge in [-0.3, -0.25) is 0 Å². The van der Waals surface area contributed by atoms with E-state index in [2.05, 4.69) is 9.46 Å². The molecule has 0 fully saturated rings. The molecule has 0 aliphatic heterocycles. The molecule has 0 spiro atoms. The molecular formula is C14H15NO4S2. The van der Waals surface area contributed by atoms with Crippen LogP contribution in [0.15, 0.2) is 46.7 Å². The Balaban J connectivity index is 2.00. The van der Waals surface area contributed by atoms with Crippen LogP contribution in [0.4, 0.5) is 0 Å². The van der Waals surface area contributed by atoms with Gasteiger partial charge in [-0.15, -0.1) is 11.3 Å². The molecular weight excluding hydrogens is 310 g/mol. The summed E-state index contributed by atoms with van der Waals surface area (Å²) < 4.78 is 31.3. The van der Waals surface area contributed by atoms with Crippen LogP contribution in [0.2, 0.25) is 0 Å². The van der Waals surface area contributed by atoms with Gasteiger partial charge in [0.25, 0.3) is 0 Å². The molecule has 21 heavy (non-hydrogen) atoms. The van der Waals surface area contributed by atoms with Crippen LogP contribution >= 0.6 is 11.3 Å². The second-order valence-corrected chi connectivity index (χ2v) is 7.04. The molecule has 0 bridgehead atoms.